The Hall–Kier alpha value is -4.72. The zero-order chi connectivity index (χ0) is 31.8. The van der Waals surface area contributed by atoms with Crippen molar-refractivity contribution >= 4 is 44.8 Å². The lowest BCUT2D eigenvalue weighted by molar-refractivity contribution is 0.101. The molecule has 2 amide bonds. The summed E-state index contributed by atoms with van der Waals surface area (Å²) in [7, 11) is -3.62. The summed E-state index contributed by atoms with van der Waals surface area (Å²) in [5.41, 5.74) is 3.09. The predicted octanol–water partition coefficient (Wildman–Crippen LogP) is 4.88. The van der Waals surface area contributed by atoms with Crippen molar-refractivity contribution in [3.63, 3.8) is 0 Å². The van der Waals surface area contributed by atoms with Crippen LogP contribution >= 0.6 is 0 Å². The molecular weight excluding hydrogens is 597 g/mol. The molecule has 4 aromatic rings. The molecule has 0 atom stereocenters. The smallest absolute Gasteiger partial charge is 0.256 e. The lowest BCUT2D eigenvalue weighted by Crippen LogP contribution is -2.33. The number of halogens is 1. The van der Waals surface area contributed by atoms with Gasteiger partial charge in [0.1, 0.15) is 6.67 Å². The van der Waals surface area contributed by atoms with Gasteiger partial charge in [-0.25, -0.2) is 27.5 Å². The number of carbonyl (C=O) groups is 2. The van der Waals surface area contributed by atoms with Crippen molar-refractivity contribution in [2.24, 2.45) is 0 Å². The van der Waals surface area contributed by atoms with Crippen LogP contribution < -0.4 is 20.7 Å². The zero-order valence-corrected chi connectivity index (χ0v) is 25.5. The number of alkyl halides is 1. The molecule has 234 valence electrons. The highest BCUT2D eigenvalue weighted by Gasteiger charge is 2.17. The summed E-state index contributed by atoms with van der Waals surface area (Å²) in [6.07, 6.45) is 5.19. The van der Waals surface area contributed by atoms with Gasteiger partial charge in [0, 0.05) is 35.6 Å². The first-order chi connectivity index (χ1) is 21.7. The fraction of sp³-hybridized carbons (Fsp3) is 0.250. The van der Waals surface area contributed by atoms with Gasteiger partial charge >= 0.3 is 0 Å². The van der Waals surface area contributed by atoms with E-state index >= 15 is 0 Å². The Bertz CT molecular complexity index is 1760. The molecule has 1 fully saturated rings. The number of nitrogens with one attached hydrogen (secondary N) is 4. The summed E-state index contributed by atoms with van der Waals surface area (Å²) in [4.78, 5) is 36.6. The van der Waals surface area contributed by atoms with E-state index in [4.69, 9.17) is 0 Å². The molecule has 11 nitrogen and oxygen atoms in total. The molecule has 1 aliphatic rings. The fourth-order valence-corrected chi connectivity index (χ4v) is 5.89. The highest BCUT2D eigenvalue weighted by molar-refractivity contribution is 7.89. The number of anilines is 4. The summed E-state index contributed by atoms with van der Waals surface area (Å²) in [5.74, 6) is -0.582. The van der Waals surface area contributed by atoms with E-state index < -0.39 is 28.5 Å². The van der Waals surface area contributed by atoms with Crippen LogP contribution in [0.4, 0.5) is 27.4 Å². The summed E-state index contributed by atoms with van der Waals surface area (Å²) >= 11 is 0. The maximum atomic E-state index is 13.1. The molecule has 0 spiro atoms. The lowest BCUT2D eigenvalue weighted by Gasteiger charge is -2.15. The monoisotopic (exact) mass is 631 g/mol. The summed E-state index contributed by atoms with van der Waals surface area (Å²) in [6, 6.07) is 17.5. The number of sulfonamides is 1. The van der Waals surface area contributed by atoms with Crippen LogP contribution in [0.3, 0.4) is 0 Å². The maximum Gasteiger partial charge on any atom is 0.256 e. The van der Waals surface area contributed by atoms with E-state index in [2.05, 4.69) is 35.5 Å². The van der Waals surface area contributed by atoms with Crippen LogP contribution in [0.5, 0.6) is 0 Å². The minimum Gasteiger partial charge on any atom is -0.324 e. The molecule has 0 unspecified atom stereocenters. The number of aromatic nitrogens is 2. The Morgan fingerprint density at radius 3 is 2.27 bits per heavy atom. The summed E-state index contributed by atoms with van der Waals surface area (Å²) in [6.45, 7) is 4.16. The number of hydrogen-bond acceptors (Lipinski definition) is 8. The molecule has 3 aromatic carbocycles. The predicted molar refractivity (Wildman–Crippen MR) is 171 cm³/mol. The standard InChI is InChI=1S/C32H34FN7O4S/c1-22-7-8-26(37-30(41)24-6-4-5-23(17-24)19-33)18-29(22)31(42)38-27-20-34-32(35-21-27)39-25-9-11-28(12-10-25)45(43,44)36-13-16-40-14-2-3-15-40/h4-12,17-18,20-21,36H,2-3,13-16,19H2,1H3,(H,37,41)(H,38,42)(H,34,35,39). The molecule has 1 saturated heterocycles. The van der Waals surface area contributed by atoms with Crippen LogP contribution in [0, 0.1) is 6.92 Å². The second kappa shape index (κ2) is 14.4. The molecule has 0 bridgehead atoms. The van der Waals surface area contributed by atoms with Gasteiger partial charge in [-0.3, -0.25) is 9.59 Å². The molecule has 13 heteroatoms. The number of benzene rings is 3. The number of carbonyl (C=O) groups excluding carboxylic acids is 2. The molecule has 1 aromatic heterocycles. The minimum absolute atomic E-state index is 0.165. The van der Waals surface area contributed by atoms with E-state index in [0.717, 1.165) is 25.9 Å². The number of amides is 2. The summed E-state index contributed by atoms with van der Waals surface area (Å²) < 4.78 is 40.9. The molecule has 0 saturated carbocycles. The Kier molecular flexibility index (Phi) is 10.1. The van der Waals surface area contributed by atoms with E-state index in [0.29, 0.717) is 52.4 Å². The van der Waals surface area contributed by atoms with Crippen LogP contribution in [0.25, 0.3) is 0 Å². The topological polar surface area (TPSA) is 145 Å². The van der Waals surface area contributed by atoms with Crippen LogP contribution in [0.2, 0.25) is 0 Å². The van der Waals surface area contributed by atoms with Gasteiger partial charge in [-0.1, -0.05) is 18.2 Å². The molecule has 5 rings (SSSR count). The second-order valence-corrected chi connectivity index (χ2v) is 12.4. The highest BCUT2D eigenvalue weighted by atomic mass is 32.2. The Labute approximate surface area is 261 Å². The van der Waals surface area contributed by atoms with Gasteiger partial charge in [-0.15, -0.1) is 0 Å². The molecule has 1 aliphatic heterocycles. The van der Waals surface area contributed by atoms with Crippen LogP contribution in [0.15, 0.2) is 84.0 Å². The number of hydrogen-bond donors (Lipinski definition) is 4. The van der Waals surface area contributed by atoms with Crippen LogP contribution in [-0.2, 0) is 16.7 Å². The molecule has 0 aliphatic carbocycles. The van der Waals surface area contributed by atoms with Gasteiger partial charge in [0.25, 0.3) is 11.8 Å². The van der Waals surface area contributed by atoms with Gasteiger partial charge in [0.05, 0.1) is 23.0 Å². The van der Waals surface area contributed by atoms with Crippen molar-refractivity contribution in [1.82, 2.24) is 19.6 Å². The van der Waals surface area contributed by atoms with Gasteiger partial charge in [-0.2, -0.15) is 0 Å². The average molecular weight is 632 g/mol. The second-order valence-electron chi connectivity index (χ2n) is 10.7. The quantitative estimate of drug-likeness (QED) is 0.173. The van der Waals surface area contributed by atoms with Crippen molar-refractivity contribution in [1.29, 1.82) is 0 Å². The fourth-order valence-electron chi connectivity index (χ4n) is 4.87. The van der Waals surface area contributed by atoms with Gasteiger partial charge in [-0.05, 0) is 92.5 Å². The van der Waals surface area contributed by atoms with E-state index in [1.807, 2.05) is 0 Å². The first-order valence-corrected chi connectivity index (χ1v) is 16.0. The Morgan fingerprint density at radius 1 is 0.867 bits per heavy atom. The van der Waals surface area contributed by atoms with Crippen LogP contribution in [0.1, 0.15) is 44.7 Å². The first kappa shape index (κ1) is 31.7. The first-order valence-electron chi connectivity index (χ1n) is 14.5. The van der Waals surface area contributed by atoms with Crippen molar-refractivity contribution in [2.45, 2.75) is 31.3 Å². The van der Waals surface area contributed by atoms with E-state index in [-0.39, 0.29) is 10.8 Å². The molecule has 2 heterocycles. The number of aryl methyl sites for hydroxylation is 1. The van der Waals surface area contributed by atoms with Gasteiger partial charge in [0.2, 0.25) is 16.0 Å². The lowest BCUT2D eigenvalue weighted by atomic mass is 10.1. The van der Waals surface area contributed by atoms with E-state index in [9.17, 15) is 22.4 Å². The zero-order valence-electron chi connectivity index (χ0n) is 24.7. The SMILES string of the molecule is Cc1ccc(NC(=O)c2cccc(CF)c2)cc1C(=O)Nc1cnc(Nc2ccc(S(=O)(=O)NCCN3CCCC3)cc2)nc1. The van der Waals surface area contributed by atoms with Gasteiger partial charge in [0.15, 0.2) is 0 Å². The third-order valence-electron chi connectivity index (χ3n) is 7.33. The summed E-state index contributed by atoms with van der Waals surface area (Å²) in [5, 5.41) is 8.51. The number of rotatable bonds is 12. The minimum atomic E-state index is -3.62. The van der Waals surface area contributed by atoms with Crippen molar-refractivity contribution in [3.05, 3.63) is 101 Å². The Morgan fingerprint density at radius 2 is 1.56 bits per heavy atom. The van der Waals surface area contributed by atoms with Crippen molar-refractivity contribution in [2.75, 3.05) is 42.1 Å². The van der Waals surface area contributed by atoms with Gasteiger partial charge < -0.3 is 20.9 Å². The van der Waals surface area contributed by atoms with Crippen molar-refractivity contribution < 1.29 is 22.4 Å². The van der Waals surface area contributed by atoms with E-state index in [1.54, 1.807) is 55.5 Å². The van der Waals surface area contributed by atoms with Crippen molar-refractivity contribution in [3.8, 4) is 0 Å². The highest BCUT2D eigenvalue weighted by Crippen LogP contribution is 2.20. The number of likely N-dealkylation sites (tertiary alicyclic amines) is 1. The van der Waals surface area contributed by atoms with E-state index in [1.165, 1.54) is 30.6 Å². The van der Waals surface area contributed by atoms with Crippen LogP contribution in [-0.4, -0.2) is 61.3 Å². The third-order valence-corrected chi connectivity index (χ3v) is 8.81. The Balaban J connectivity index is 1.16. The largest absolute Gasteiger partial charge is 0.324 e. The molecule has 4 N–H and O–H groups in total. The molecule has 0 radical (unpaired) electrons. The molecule has 45 heavy (non-hydrogen) atoms. The average Bonchev–Trinajstić information content (AvgIpc) is 3.56. The third kappa shape index (κ3) is 8.47. The maximum absolute atomic E-state index is 13.1. The normalized spacial score (nSPS) is 13.4. The molecular formula is C32H34FN7O4S. The number of nitrogens with zero attached hydrogens (tertiary/aromatic N) is 3.